The van der Waals surface area contributed by atoms with Gasteiger partial charge in [0.05, 0.1) is 22.9 Å². The van der Waals surface area contributed by atoms with Gasteiger partial charge in [0, 0.05) is 22.3 Å². The van der Waals surface area contributed by atoms with Gasteiger partial charge in [-0.15, -0.1) is 0 Å². The molecule has 100 valence electrons. The monoisotopic (exact) mass is 327 g/mol. The maximum atomic E-state index is 4.50. The molecule has 2 heterocycles. The summed E-state index contributed by atoms with van der Waals surface area (Å²) in [6.45, 7) is 2.10. The summed E-state index contributed by atoms with van der Waals surface area (Å²) in [6.07, 6.45) is 3.63. The maximum Gasteiger partial charge on any atom is 0.0934 e. The third kappa shape index (κ3) is 2.65. The third-order valence-electron chi connectivity index (χ3n) is 3.18. The number of nitrogens with zero attached hydrogens (tertiary/aromatic N) is 2. The van der Waals surface area contributed by atoms with E-state index in [1.165, 1.54) is 0 Å². The van der Waals surface area contributed by atoms with Crippen molar-refractivity contribution in [2.24, 2.45) is 0 Å². The van der Waals surface area contributed by atoms with Crippen molar-refractivity contribution in [1.29, 1.82) is 0 Å². The summed E-state index contributed by atoms with van der Waals surface area (Å²) in [5.74, 6) is 0. The van der Waals surface area contributed by atoms with Gasteiger partial charge < -0.3 is 5.32 Å². The van der Waals surface area contributed by atoms with E-state index in [-0.39, 0.29) is 6.04 Å². The number of nitrogens with one attached hydrogen (secondary N) is 1. The van der Waals surface area contributed by atoms with E-state index in [4.69, 9.17) is 0 Å². The molecule has 0 spiro atoms. The molecule has 0 aliphatic rings. The molecule has 4 heteroatoms. The number of halogens is 1. The van der Waals surface area contributed by atoms with Crippen molar-refractivity contribution in [1.82, 2.24) is 9.97 Å². The Morgan fingerprint density at radius 2 is 2.00 bits per heavy atom. The molecule has 1 N–H and O–H groups in total. The highest BCUT2D eigenvalue weighted by atomic mass is 79.9. The first-order valence-electron chi connectivity index (χ1n) is 6.46. The normalized spacial score (nSPS) is 12.3. The minimum atomic E-state index is 0.132. The summed E-state index contributed by atoms with van der Waals surface area (Å²) in [7, 11) is 0. The Morgan fingerprint density at radius 1 is 1.10 bits per heavy atom. The number of hydrogen-bond acceptors (Lipinski definition) is 3. The molecule has 3 aromatic rings. The standard InChI is InChI=1S/C16H14BrN3/c1-11(14-6-2-3-8-18-14)20-15-7-4-5-12-9-13(17)10-19-16(12)15/h2-11,20H,1H3. The summed E-state index contributed by atoms with van der Waals surface area (Å²) in [4.78, 5) is 8.88. The Kier molecular flexibility index (Phi) is 3.65. The first kappa shape index (κ1) is 13.1. The second-order valence-electron chi connectivity index (χ2n) is 4.65. The number of anilines is 1. The number of hydrogen-bond donors (Lipinski definition) is 1. The van der Waals surface area contributed by atoms with E-state index in [2.05, 4.69) is 50.3 Å². The lowest BCUT2D eigenvalue weighted by atomic mass is 10.1. The van der Waals surface area contributed by atoms with Crippen LogP contribution in [-0.4, -0.2) is 9.97 Å². The van der Waals surface area contributed by atoms with Gasteiger partial charge in [0.2, 0.25) is 0 Å². The molecule has 1 aromatic carbocycles. The molecule has 0 aliphatic heterocycles. The average molecular weight is 328 g/mol. The Hall–Kier alpha value is -1.94. The number of fused-ring (bicyclic) bond motifs is 1. The van der Waals surface area contributed by atoms with Crippen molar-refractivity contribution in [2.75, 3.05) is 5.32 Å². The topological polar surface area (TPSA) is 37.8 Å². The SMILES string of the molecule is CC(Nc1cccc2cc(Br)cnc12)c1ccccn1. The molecule has 1 atom stereocenters. The molecule has 20 heavy (non-hydrogen) atoms. The van der Waals surface area contributed by atoms with Crippen LogP contribution in [-0.2, 0) is 0 Å². The van der Waals surface area contributed by atoms with Gasteiger partial charge in [-0.3, -0.25) is 9.97 Å². The summed E-state index contributed by atoms with van der Waals surface area (Å²) < 4.78 is 0.986. The second-order valence-corrected chi connectivity index (χ2v) is 5.57. The molecule has 0 saturated heterocycles. The van der Waals surface area contributed by atoms with Crippen molar-refractivity contribution in [3.05, 3.63) is 65.0 Å². The zero-order chi connectivity index (χ0) is 13.9. The van der Waals surface area contributed by atoms with Crippen LogP contribution in [0.3, 0.4) is 0 Å². The maximum absolute atomic E-state index is 4.50. The van der Waals surface area contributed by atoms with Crippen LogP contribution in [0, 0.1) is 0 Å². The summed E-state index contributed by atoms with van der Waals surface area (Å²) in [6, 6.07) is 14.3. The van der Waals surface area contributed by atoms with E-state index in [1.54, 1.807) is 0 Å². The van der Waals surface area contributed by atoms with Gasteiger partial charge in [-0.05, 0) is 47.1 Å². The van der Waals surface area contributed by atoms with Crippen LogP contribution >= 0.6 is 15.9 Å². The highest BCUT2D eigenvalue weighted by Crippen LogP contribution is 2.26. The van der Waals surface area contributed by atoms with Crippen molar-refractivity contribution in [3.8, 4) is 0 Å². The predicted octanol–water partition coefficient (Wildman–Crippen LogP) is 4.57. The Bertz CT molecular complexity index is 728. The number of pyridine rings is 2. The molecular weight excluding hydrogens is 314 g/mol. The summed E-state index contributed by atoms with van der Waals surface area (Å²) in [5, 5.41) is 4.59. The molecule has 0 amide bonds. The quantitative estimate of drug-likeness (QED) is 0.765. The molecule has 3 rings (SSSR count). The fourth-order valence-electron chi connectivity index (χ4n) is 2.19. The van der Waals surface area contributed by atoms with E-state index in [0.717, 1.165) is 26.8 Å². The lowest BCUT2D eigenvalue weighted by molar-refractivity contribution is 0.840. The fraction of sp³-hybridized carbons (Fsp3) is 0.125. The Labute approximate surface area is 126 Å². The molecule has 0 radical (unpaired) electrons. The summed E-state index contributed by atoms with van der Waals surface area (Å²) in [5.41, 5.74) is 3.01. The number of rotatable bonds is 3. The van der Waals surface area contributed by atoms with Crippen molar-refractivity contribution in [2.45, 2.75) is 13.0 Å². The van der Waals surface area contributed by atoms with Crippen LogP contribution in [0.25, 0.3) is 10.9 Å². The molecule has 0 bridgehead atoms. The van der Waals surface area contributed by atoms with Gasteiger partial charge in [0.25, 0.3) is 0 Å². The minimum Gasteiger partial charge on any atom is -0.375 e. The van der Waals surface area contributed by atoms with Crippen molar-refractivity contribution in [3.63, 3.8) is 0 Å². The first-order valence-corrected chi connectivity index (χ1v) is 7.25. The lowest BCUT2D eigenvalue weighted by Crippen LogP contribution is -2.08. The van der Waals surface area contributed by atoms with E-state index >= 15 is 0 Å². The Balaban J connectivity index is 1.95. The average Bonchev–Trinajstić information content (AvgIpc) is 2.48. The van der Waals surface area contributed by atoms with Crippen LogP contribution in [0.15, 0.2) is 59.3 Å². The predicted molar refractivity (Wildman–Crippen MR) is 85.7 cm³/mol. The van der Waals surface area contributed by atoms with E-state index < -0.39 is 0 Å². The lowest BCUT2D eigenvalue weighted by Gasteiger charge is -2.16. The van der Waals surface area contributed by atoms with Crippen molar-refractivity contribution < 1.29 is 0 Å². The van der Waals surface area contributed by atoms with E-state index in [9.17, 15) is 0 Å². The second kappa shape index (κ2) is 5.59. The van der Waals surface area contributed by atoms with Crippen LogP contribution in [0.2, 0.25) is 0 Å². The molecule has 0 saturated carbocycles. The molecule has 3 nitrogen and oxygen atoms in total. The van der Waals surface area contributed by atoms with E-state index in [0.29, 0.717) is 0 Å². The highest BCUT2D eigenvalue weighted by Gasteiger charge is 2.09. The van der Waals surface area contributed by atoms with E-state index in [1.807, 2.05) is 42.7 Å². The Morgan fingerprint density at radius 3 is 2.80 bits per heavy atom. The van der Waals surface area contributed by atoms with Crippen LogP contribution in [0.1, 0.15) is 18.7 Å². The zero-order valence-electron chi connectivity index (χ0n) is 11.0. The van der Waals surface area contributed by atoms with Crippen molar-refractivity contribution >= 4 is 32.5 Å². The number of aromatic nitrogens is 2. The van der Waals surface area contributed by atoms with Gasteiger partial charge in [-0.2, -0.15) is 0 Å². The molecular formula is C16H14BrN3. The fourth-order valence-corrected chi connectivity index (χ4v) is 2.54. The minimum absolute atomic E-state index is 0.132. The van der Waals surface area contributed by atoms with Crippen LogP contribution in [0.5, 0.6) is 0 Å². The van der Waals surface area contributed by atoms with Crippen LogP contribution in [0.4, 0.5) is 5.69 Å². The van der Waals surface area contributed by atoms with Gasteiger partial charge in [0.15, 0.2) is 0 Å². The smallest absolute Gasteiger partial charge is 0.0934 e. The number of para-hydroxylation sites is 1. The molecule has 0 fully saturated rings. The van der Waals surface area contributed by atoms with Crippen LogP contribution < -0.4 is 5.32 Å². The van der Waals surface area contributed by atoms with Gasteiger partial charge in [0.1, 0.15) is 0 Å². The molecule has 1 unspecified atom stereocenters. The van der Waals surface area contributed by atoms with Gasteiger partial charge in [-0.1, -0.05) is 18.2 Å². The summed E-state index contributed by atoms with van der Waals surface area (Å²) >= 11 is 3.45. The highest BCUT2D eigenvalue weighted by molar-refractivity contribution is 9.10. The largest absolute Gasteiger partial charge is 0.375 e. The van der Waals surface area contributed by atoms with Gasteiger partial charge >= 0.3 is 0 Å². The molecule has 0 aliphatic carbocycles. The third-order valence-corrected chi connectivity index (χ3v) is 3.61. The van der Waals surface area contributed by atoms with Gasteiger partial charge in [-0.25, -0.2) is 0 Å². The first-order chi connectivity index (χ1) is 9.74. The molecule has 2 aromatic heterocycles. The zero-order valence-corrected chi connectivity index (χ0v) is 12.6. The number of benzene rings is 1.